The molecule has 0 bridgehead atoms. The molecule has 3 rings (SSSR count). The van der Waals surface area contributed by atoms with Crippen molar-refractivity contribution >= 4 is 27.8 Å². The summed E-state index contributed by atoms with van der Waals surface area (Å²) in [7, 11) is 0. The highest BCUT2D eigenvalue weighted by molar-refractivity contribution is 7.11. The molecular weight excluding hydrogens is 238 g/mol. The largest absolute Gasteiger partial charge is 0.380 e. The maximum absolute atomic E-state index is 3.48. The van der Waals surface area contributed by atoms with Crippen LogP contribution in [0.4, 0.5) is 5.69 Å². The Balaban J connectivity index is 1.78. The van der Waals surface area contributed by atoms with Gasteiger partial charge in [0, 0.05) is 22.0 Å². The van der Waals surface area contributed by atoms with Gasteiger partial charge in [-0.05, 0) is 42.0 Å². The van der Waals surface area contributed by atoms with Gasteiger partial charge in [0.15, 0.2) is 0 Å². The Morgan fingerprint density at radius 1 is 0.944 bits per heavy atom. The third-order valence-electron chi connectivity index (χ3n) is 3.01. The number of thiophene rings is 1. The smallest absolute Gasteiger partial charge is 0.0494 e. The summed E-state index contributed by atoms with van der Waals surface area (Å²) in [5.74, 6) is 0. The molecule has 0 radical (unpaired) electrons. The van der Waals surface area contributed by atoms with E-state index in [4.69, 9.17) is 0 Å². The maximum atomic E-state index is 3.48. The fourth-order valence-electron chi connectivity index (χ4n) is 2.07. The first-order valence-corrected chi connectivity index (χ1v) is 6.91. The molecule has 0 fully saturated rings. The van der Waals surface area contributed by atoms with E-state index in [-0.39, 0.29) is 0 Å². The molecule has 0 unspecified atom stereocenters. The predicted molar refractivity (Wildman–Crippen MR) is 80.3 cm³/mol. The second-order valence-corrected chi connectivity index (χ2v) is 5.80. The third kappa shape index (κ3) is 2.39. The quantitative estimate of drug-likeness (QED) is 0.705. The molecule has 2 heteroatoms. The van der Waals surface area contributed by atoms with Crippen molar-refractivity contribution in [3.8, 4) is 0 Å². The van der Waals surface area contributed by atoms with Crippen molar-refractivity contribution in [2.24, 2.45) is 0 Å². The summed E-state index contributed by atoms with van der Waals surface area (Å²) in [6.07, 6.45) is 0. The number of aryl methyl sites for hydroxylation is 1. The van der Waals surface area contributed by atoms with Gasteiger partial charge in [-0.1, -0.05) is 30.3 Å². The number of benzene rings is 2. The van der Waals surface area contributed by atoms with Crippen LogP contribution in [-0.2, 0) is 6.54 Å². The van der Waals surface area contributed by atoms with Gasteiger partial charge in [-0.15, -0.1) is 11.3 Å². The molecule has 1 nitrogen and oxygen atoms in total. The standard InChI is InChI=1S/C16H15NS/c1-12-6-9-16(18-12)11-17-15-8-7-13-4-2-3-5-14(13)10-15/h2-10,17H,11H2,1H3. The van der Waals surface area contributed by atoms with Crippen LogP contribution in [0.15, 0.2) is 54.6 Å². The number of hydrogen-bond donors (Lipinski definition) is 1. The first-order valence-electron chi connectivity index (χ1n) is 6.09. The van der Waals surface area contributed by atoms with Gasteiger partial charge in [0.2, 0.25) is 0 Å². The number of anilines is 1. The minimum absolute atomic E-state index is 0.900. The van der Waals surface area contributed by atoms with Crippen LogP contribution in [0.1, 0.15) is 9.75 Å². The maximum Gasteiger partial charge on any atom is 0.0494 e. The number of fused-ring (bicyclic) bond motifs is 1. The van der Waals surface area contributed by atoms with E-state index in [0.717, 1.165) is 6.54 Å². The highest BCUT2D eigenvalue weighted by atomic mass is 32.1. The van der Waals surface area contributed by atoms with E-state index in [1.807, 2.05) is 11.3 Å². The van der Waals surface area contributed by atoms with Crippen LogP contribution >= 0.6 is 11.3 Å². The lowest BCUT2D eigenvalue weighted by Crippen LogP contribution is -1.96. The Bertz CT molecular complexity index is 669. The average Bonchev–Trinajstić information content (AvgIpc) is 2.82. The van der Waals surface area contributed by atoms with Gasteiger partial charge >= 0.3 is 0 Å². The van der Waals surface area contributed by atoms with Crippen LogP contribution in [-0.4, -0.2) is 0 Å². The Hall–Kier alpha value is -1.80. The highest BCUT2D eigenvalue weighted by Crippen LogP contribution is 2.21. The molecule has 1 heterocycles. The van der Waals surface area contributed by atoms with Gasteiger partial charge in [-0.2, -0.15) is 0 Å². The summed E-state index contributed by atoms with van der Waals surface area (Å²) in [5, 5.41) is 6.05. The molecule has 0 spiro atoms. The van der Waals surface area contributed by atoms with Gasteiger partial charge in [0.05, 0.1) is 0 Å². The van der Waals surface area contributed by atoms with Crippen LogP contribution in [0, 0.1) is 6.92 Å². The number of rotatable bonds is 3. The Kier molecular flexibility index (Phi) is 3.03. The molecule has 0 aliphatic rings. The lowest BCUT2D eigenvalue weighted by Gasteiger charge is -2.06. The first kappa shape index (κ1) is 11.3. The number of hydrogen-bond acceptors (Lipinski definition) is 2. The summed E-state index contributed by atoms with van der Waals surface area (Å²) < 4.78 is 0. The Morgan fingerprint density at radius 2 is 1.78 bits per heavy atom. The van der Waals surface area contributed by atoms with Crippen LogP contribution in [0.2, 0.25) is 0 Å². The van der Waals surface area contributed by atoms with E-state index in [2.05, 4.69) is 66.8 Å². The van der Waals surface area contributed by atoms with Crippen LogP contribution in [0.5, 0.6) is 0 Å². The van der Waals surface area contributed by atoms with Crippen LogP contribution in [0.25, 0.3) is 10.8 Å². The second kappa shape index (κ2) is 4.83. The molecular formula is C16H15NS. The van der Waals surface area contributed by atoms with E-state index in [0.29, 0.717) is 0 Å². The van der Waals surface area contributed by atoms with Gasteiger partial charge in [0.25, 0.3) is 0 Å². The van der Waals surface area contributed by atoms with Crippen LogP contribution in [0.3, 0.4) is 0 Å². The third-order valence-corrected chi connectivity index (χ3v) is 4.01. The molecule has 90 valence electrons. The zero-order chi connectivity index (χ0) is 12.4. The van der Waals surface area contributed by atoms with Gasteiger partial charge in [-0.25, -0.2) is 0 Å². The minimum Gasteiger partial charge on any atom is -0.380 e. The Labute approximate surface area is 111 Å². The van der Waals surface area contributed by atoms with E-state index >= 15 is 0 Å². The van der Waals surface area contributed by atoms with Crippen molar-refractivity contribution in [2.75, 3.05) is 5.32 Å². The zero-order valence-corrected chi connectivity index (χ0v) is 11.1. The normalized spacial score (nSPS) is 10.7. The van der Waals surface area contributed by atoms with Gasteiger partial charge in [-0.3, -0.25) is 0 Å². The molecule has 0 saturated carbocycles. The summed E-state index contributed by atoms with van der Waals surface area (Å²) in [6, 6.07) is 19.3. The summed E-state index contributed by atoms with van der Waals surface area (Å²) >= 11 is 1.85. The molecule has 1 N–H and O–H groups in total. The number of nitrogens with one attached hydrogen (secondary N) is 1. The topological polar surface area (TPSA) is 12.0 Å². The van der Waals surface area contributed by atoms with E-state index in [9.17, 15) is 0 Å². The van der Waals surface area contributed by atoms with Crippen molar-refractivity contribution in [2.45, 2.75) is 13.5 Å². The molecule has 1 aromatic heterocycles. The second-order valence-electron chi connectivity index (χ2n) is 4.43. The van der Waals surface area contributed by atoms with Gasteiger partial charge in [0.1, 0.15) is 0 Å². The molecule has 0 aliphatic heterocycles. The predicted octanol–water partition coefficient (Wildman–Crippen LogP) is 4.82. The van der Waals surface area contributed by atoms with Gasteiger partial charge < -0.3 is 5.32 Å². The Morgan fingerprint density at radius 3 is 2.56 bits per heavy atom. The molecule has 18 heavy (non-hydrogen) atoms. The van der Waals surface area contributed by atoms with Crippen molar-refractivity contribution in [1.82, 2.24) is 0 Å². The summed E-state index contributed by atoms with van der Waals surface area (Å²) in [6.45, 7) is 3.04. The van der Waals surface area contributed by atoms with Crippen molar-refractivity contribution in [3.05, 3.63) is 64.4 Å². The minimum atomic E-state index is 0.900. The lowest BCUT2D eigenvalue weighted by molar-refractivity contribution is 1.20. The molecule has 2 aromatic carbocycles. The van der Waals surface area contributed by atoms with E-state index in [1.165, 1.54) is 26.2 Å². The molecule has 3 aromatic rings. The fourth-order valence-corrected chi connectivity index (χ4v) is 2.90. The van der Waals surface area contributed by atoms with E-state index < -0.39 is 0 Å². The van der Waals surface area contributed by atoms with Crippen LogP contribution < -0.4 is 5.32 Å². The summed E-state index contributed by atoms with van der Waals surface area (Å²) in [5.41, 5.74) is 1.18. The summed E-state index contributed by atoms with van der Waals surface area (Å²) in [4.78, 5) is 2.74. The lowest BCUT2D eigenvalue weighted by atomic mass is 10.1. The highest BCUT2D eigenvalue weighted by Gasteiger charge is 1.98. The van der Waals surface area contributed by atoms with Crippen molar-refractivity contribution < 1.29 is 0 Å². The average molecular weight is 253 g/mol. The first-order chi connectivity index (χ1) is 8.81. The molecule has 0 atom stereocenters. The zero-order valence-electron chi connectivity index (χ0n) is 10.3. The fraction of sp³-hybridized carbons (Fsp3) is 0.125. The SMILES string of the molecule is Cc1ccc(CNc2ccc3ccccc3c2)s1. The monoisotopic (exact) mass is 253 g/mol. The molecule has 0 saturated heterocycles. The molecule has 0 aliphatic carbocycles. The van der Waals surface area contributed by atoms with Crippen molar-refractivity contribution in [1.29, 1.82) is 0 Å². The van der Waals surface area contributed by atoms with E-state index in [1.54, 1.807) is 0 Å². The van der Waals surface area contributed by atoms with Crippen molar-refractivity contribution in [3.63, 3.8) is 0 Å². The molecule has 0 amide bonds.